The lowest BCUT2D eigenvalue weighted by Crippen LogP contribution is -2.07. The molecule has 0 aromatic carbocycles. The summed E-state index contributed by atoms with van der Waals surface area (Å²) >= 11 is 5.86. The van der Waals surface area contributed by atoms with Gasteiger partial charge in [-0.25, -0.2) is 0 Å². The number of aromatic amines is 1. The van der Waals surface area contributed by atoms with Crippen molar-refractivity contribution in [1.82, 2.24) is 25.1 Å². The minimum atomic E-state index is 0.195. The molecule has 2 N–H and O–H groups in total. The van der Waals surface area contributed by atoms with Crippen LogP contribution in [0.15, 0.2) is 30.7 Å². The Labute approximate surface area is 114 Å². The molecule has 0 radical (unpaired) electrons. The SMILES string of the molecule is Clc1nc(NCCc2cccnc2)c2cn[nH]c2n1. The summed E-state index contributed by atoms with van der Waals surface area (Å²) in [6, 6.07) is 3.96. The summed E-state index contributed by atoms with van der Waals surface area (Å²) in [6.45, 7) is 0.735. The second kappa shape index (κ2) is 5.19. The van der Waals surface area contributed by atoms with Gasteiger partial charge in [-0.1, -0.05) is 6.07 Å². The third-order valence-electron chi connectivity index (χ3n) is 2.71. The lowest BCUT2D eigenvalue weighted by Gasteiger charge is -2.06. The molecule has 0 spiro atoms. The molecule has 0 bridgehead atoms. The summed E-state index contributed by atoms with van der Waals surface area (Å²) < 4.78 is 0. The van der Waals surface area contributed by atoms with Crippen LogP contribution in [-0.2, 0) is 6.42 Å². The first-order chi connectivity index (χ1) is 9.33. The zero-order valence-electron chi connectivity index (χ0n) is 9.97. The molecule has 0 aliphatic carbocycles. The number of hydrogen-bond donors (Lipinski definition) is 2. The number of anilines is 1. The van der Waals surface area contributed by atoms with Crippen LogP contribution in [0.2, 0.25) is 5.28 Å². The molecule has 0 saturated carbocycles. The summed E-state index contributed by atoms with van der Waals surface area (Å²) in [4.78, 5) is 12.3. The number of halogens is 1. The van der Waals surface area contributed by atoms with E-state index in [0.29, 0.717) is 11.5 Å². The first-order valence-corrected chi connectivity index (χ1v) is 6.20. The predicted octanol–water partition coefficient (Wildman–Crippen LogP) is 2.06. The zero-order valence-corrected chi connectivity index (χ0v) is 10.7. The van der Waals surface area contributed by atoms with E-state index in [2.05, 4.69) is 30.5 Å². The molecule has 0 aliphatic rings. The van der Waals surface area contributed by atoms with Crippen LogP contribution < -0.4 is 5.32 Å². The van der Waals surface area contributed by atoms with Gasteiger partial charge in [-0.3, -0.25) is 10.1 Å². The molecule has 0 aliphatic heterocycles. The van der Waals surface area contributed by atoms with Gasteiger partial charge in [0.1, 0.15) is 5.82 Å². The largest absolute Gasteiger partial charge is 0.369 e. The molecule has 0 unspecified atom stereocenters. The van der Waals surface area contributed by atoms with E-state index >= 15 is 0 Å². The van der Waals surface area contributed by atoms with Gasteiger partial charge in [-0.2, -0.15) is 15.1 Å². The van der Waals surface area contributed by atoms with Crippen molar-refractivity contribution in [2.24, 2.45) is 0 Å². The van der Waals surface area contributed by atoms with Crippen LogP contribution >= 0.6 is 11.6 Å². The smallest absolute Gasteiger partial charge is 0.226 e. The van der Waals surface area contributed by atoms with E-state index in [1.54, 1.807) is 12.4 Å². The summed E-state index contributed by atoms with van der Waals surface area (Å²) in [5.74, 6) is 0.688. The molecule has 3 aromatic rings. The summed E-state index contributed by atoms with van der Waals surface area (Å²) in [5.41, 5.74) is 1.79. The number of rotatable bonds is 4. The van der Waals surface area contributed by atoms with E-state index < -0.39 is 0 Å². The van der Waals surface area contributed by atoms with Gasteiger partial charge in [0.25, 0.3) is 0 Å². The molecular weight excluding hydrogens is 264 g/mol. The monoisotopic (exact) mass is 274 g/mol. The molecule has 3 rings (SSSR count). The normalized spacial score (nSPS) is 10.8. The molecule has 6 nitrogen and oxygen atoms in total. The average molecular weight is 275 g/mol. The number of H-pyrrole nitrogens is 1. The fourth-order valence-electron chi connectivity index (χ4n) is 1.81. The Hall–Kier alpha value is -2.21. The highest BCUT2D eigenvalue weighted by molar-refractivity contribution is 6.28. The fourth-order valence-corrected chi connectivity index (χ4v) is 1.98. The number of pyridine rings is 1. The maximum atomic E-state index is 5.86. The van der Waals surface area contributed by atoms with Crippen molar-refractivity contribution >= 4 is 28.5 Å². The van der Waals surface area contributed by atoms with Gasteiger partial charge in [0.15, 0.2) is 5.65 Å². The number of hydrogen-bond acceptors (Lipinski definition) is 5. The minimum absolute atomic E-state index is 0.195. The number of nitrogens with zero attached hydrogens (tertiary/aromatic N) is 4. The summed E-state index contributed by atoms with van der Waals surface area (Å²) in [7, 11) is 0. The number of nitrogens with one attached hydrogen (secondary N) is 2. The Kier molecular flexibility index (Phi) is 3.24. The highest BCUT2D eigenvalue weighted by atomic mass is 35.5. The standard InChI is InChI=1S/C12H11ClN6/c13-12-17-10(9-7-16-19-11(9)18-12)15-5-3-8-2-1-4-14-6-8/h1-2,4,6-7H,3,5H2,(H2,15,16,17,18,19). The van der Waals surface area contributed by atoms with Crippen molar-refractivity contribution in [3.05, 3.63) is 41.6 Å². The van der Waals surface area contributed by atoms with Gasteiger partial charge in [0.2, 0.25) is 5.28 Å². The van der Waals surface area contributed by atoms with Gasteiger partial charge < -0.3 is 5.32 Å². The molecule has 96 valence electrons. The minimum Gasteiger partial charge on any atom is -0.369 e. The molecule has 0 fully saturated rings. The maximum Gasteiger partial charge on any atom is 0.226 e. The van der Waals surface area contributed by atoms with E-state index in [1.165, 1.54) is 5.56 Å². The highest BCUT2D eigenvalue weighted by Crippen LogP contribution is 2.19. The zero-order chi connectivity index (χ0) is 13.1. The van der Waals surface area contributed by atoms with E-state index in [1.807, 2.05) is 18.3 Å². The van der Waals surface area contributed by atoms with E-state index in [9.17, 15) is 0 Å². The highest BCUT2D eigenvalue weighted by Gasteiger charge is 2.07. The topological polar surface area (TPSA) is 79.4 Å². The lowest BCUT2D eigenvalue weighted by molar-refractivity contribution is 0.993. The third-order valence-corrected chi connectivity index (χ3v) is 2.88. The molecule has 19 heavy (non-hydrogen) atoms. The Morgan fingerprint density at radius 2 is 2.21 bits per heavy atom. The van der Waals surface area contributed by atoms with Crippen LogP contribution in [0.3, 0.4) is 0 Å². The van der Waals surface area contributed by atoms with Crippen molar-refractivity contribution in [2.45, 2.75) is 6.42 Å². The fraction of sp³-hybridized carbons (Fsp3) is 0.167. The first-order valence-electron chi connectivity index (χ1n) is 5.82. The van der Waals surface area contributed by atoms with Gasteiger partial charge >= 0.3 is 0 Å². The van der Waals surface area contributed by atoms with Gasteiger partial charge in [0.05, 0.1) is 11.6 Å². The Morgan fingerprint density at radius 3 is 3.05 bits per heavy atom. The maximum absolute atomic E-state index is 5.86. The van der Waals surface area contributed by atoms with E-state index in [-0.39, 0.29) is 5.28 Å². The van der Waals surface area contributed by atoms with Gasteiger partial charge in [0, 0.05) is 18.9 Å². The van der Waals surface area contributed by atoms with Crippen LogP contribution in [0, 0.1) is 0 Å². The van der Waals surface area contributed by atoms with E-state index in [4.69, 9.17) is 11.6 Å². The quantitative estimate of drug-likeness (QED) is 0.712. The predicted molar refractivity (Wildman–Crippen MR) is 73.1 cm³/mol. The van der Waals surface area contributed by atoms with Crippen LogP contribution in [0.25, 0.3) is 11.0 Å². The Bertz CT molecular complexity index is 681. The van der Waals surface area contributed by atoms with Crippen molar-refractivity contribution < 1.29 is 0 Å². The van der Waals surface area contributed by atoms with Crippen molar-refractivity contribution in [2.75, 3.05) is 11.9 Å². The number of fused-ring (bicyclic) bond motifs is 1. The van der Waals surface area contributed by atoms with E-state index in [0.717, 1.165) is 18.4 Å². The van der Waals surface area contributed by atoms with Crippen molar-refractivity contribution in [1.29, 1.82) is 0 Å². The van der Waals surface area contributed by atoms with Gasteiger partial charge in [-0.05, 0) is 29.7 Å². The second-order valence-corrected chi connectivity index (χ2v) is 4.35. The van der Waals surface area contributed by atoms with Crippen molar-refractivity contribution in [3.63, 3.8) is 0 Å². The van der Waals surface area contributed by atoms with Crippen LogP contribution in [0.4, 0.5) is 5.82 Å². The summed E-state index contributed by atoms with van der Waals surface area (Å²) in [5, 5.41) is 11.0. The first kappa shape index (κ1) is 11.9. The molecule has 7 heteroatoms. The van der Waals surface area contributed by atoms with Crippen LogP contribution in [-0.4, -0.2) is 31.7 Å². The lowest BCUT2D eigenvalue weighted by atomic mass is 10.2. The Balaban J connectivity index is 1.73. The van der Waals surface area contributed by atoms with Crippen molar-refractivity contribution in [3.8, 4) is 0 Å². The molecule has 0 saturated heterocycles. The molecular formula is C12H11ClN6. The van der Waals surface area contributed by atoms with Crippen LogP contribution in [0.1, 0.15) is 5.56 Å². The Morgan fingerprint density at radius 1 is 1.26 bits per heavy atom. The molecule has 3 aromatic heterocycles. The van der Waals surface area contributed by atoms with Gasteiger partial charge in [-0.15, -0.1) is 0 Å². The summed E-state index contributed by atoms with van der Waals surface area (Å²) in [6.07, 6.45) is 6.14. The molecule has 0 atom stereocenters. The average Bonchev–Trinajstić information content (AvgIpc) is 2.88. The second-order valence-electron chi connectivity index (χ2n) is 4.01. The number of aromatic nitrogens is 5. The molecule has 3 heterocycles. The molecule has 0 amide bonds. The third kappa shape index (κ3) is 2.63. The van der Waals surface area contributed by atoms with Crippen LogP contribution in [0.5, 0.6) is 0 Å².